The quantitative estimate of drug-likeness (QED) is 0.935. The molecule has 0 unspecified atom stereocenters. The van der Waals surface area contributed by atoms with Gasteiger partial charge < -0.3 is 5.11 Å². The highest BCUT2D eigenvalue weighted by molar-refractivity contribution is 7.05. The van der Waals surface area contributed by atoms with Crippen molar-refractivity contribution in [3.8, 4) is 0 Å². The second-order valence-corrected chi connectivity index (χ2v) is 5.76. The average Bonchev–Trinajstić information content (AvgIpc) is 2.94. The van der Waals surface area contributed by atoms with Crippen molar-refractivity contribution in [1.29, 1.82) is 0 Å². The van der Waals surface area contributed by atoms with Crippen molar-refractivity contribution in [2.75, 3.05) is 0 Å². The van der Waals surface area contributed by atoms with E-state index in [1.807, 2.05) is 13.0 Å². The van der Waals surface area contributed by atoms with E-state index in [1.165, 1.54) is 22.0 Å². The molecule has 4 nitrogen and oxygen atoms in total. The zero-order valence-corrected chi connectivity index (χ0v) is 11.4. The maximum Gasteiger partial charge on any atom is 0.335 e. The molecule has 1 aliphatic rings. The molecule has 1 N–H and O–H groups in total. The second kappa shape index (κ2) is 4.75. The smallest absolute Gasteiger partial charge is 0.335 e. The van der Waals surface area contributed by atoms with Crippen LogP contribution >= 0.6 is 11.5 Å². The number of hydrogen-bond donors (Lipinski definition) is 1. The van der Waals surface area contributed by atoms with Crippen molar-refractivity contribution in [3.05, 3.63) is 51.5 Å². The van der Waals surface area contributed by atoms with Gasteiger partial charge in [0.1, 0.15) is 0 Å². The van der Waals surface area contributed by atoms with Gasteiger partial charge in [-0.05, 0) is 47.8 Å². The molecule has 1 aromatic heterocycles. The van der Waals surface area contributed by atoms with E-state index in [4.69, 9.17) is 5.11 Å². The van der Waals surface area contributed by atoms with Gasteiger partial charge in [0.15, 0.2) is 0 Å². The van der Waals surface area contributed by atoms with Crippen molar-refractivity contribution in [1.82, 2.24) is 9.27 Å². The number of hydrogen-bond acceptors (Lipinski definition) is 4. The highest BCUT2D eigenvalue weighted by atomic mass is 32.1. The molecule has 2 aromatic rings. The molecule has 0 saturated heterocycles. The Labute approximate surface area is 115 Å². The minimum absolute atomic E-state index is 0.370. The normalized spacial score (nSPS) is 14.6. The zero-order chi connectivity index (χ0) is 13.4. The Morgan fingerprint density at radius 2 is 2.16 bits per heavy atom. The maximum absolute atomic E-state index is 11.0. The predicted molar refractivity (Wildman–Crippen MR) is 73.2 cm³/mol. The summed E-state index contributed by atoms with van der Waals surface area (Å²) in [5.74, 6) is -0.862. The predicted octanol–water partition coefficient (Wildman–Crippen LogP) is 2.67. The summed E-state index contributed by atoms with van der Waals surface area (Å²) in [6, 6.07) is 7.50. The van der Waals surface area contributed by atoms with Crippen LogP contribution in [0.2, 0.25) is 0 Å². The van der Waals surface area contributed by atoms with E-state index < -0.39 is 5.97 Å². The van der Waals surface area contributed by atoms with Gasteiger partial charge in [0.05, 0.1) is 11.3 Å². The second-order valence-electron chi connectivity index (χ2n) is 4.87. The lowest BCUT2D eigenvalue weighted by Crippen LogP contribution is -2.14. The van der Waals surface area contributed by atoms with Crippen LogP contribution < -0.4 is 0 Å². The minimum Gasteiger partial charge on any atom is -0.478 e. The lowest BCUT2D eigenvalue weighted by atomic mass is 10.1. The molecule has 1 aromatic carbocycles. The monoisotopic (exact) mass is 274 g/mol. The molecule has 0 aliphatic carbocycles. The van der Waals surface area contributed by atoms with E-state index in [-0.39, 0.29) is 0 Å². The highest BCUT2D eigenvalue weighted by Crippen LogP contribution is 2.26. The van der Waals surface area contributed by atoms with Crippen LogP contribution in [-0.4, -0.2) is 20.3 Å². The fraction of sp³-hybridized carbons (Fsp3) is 0.286. The first kappa shape index (κ1) is 12.3. The van der Waals surface area contributed by atoms with Gasteiger partial charge in [-0.2, -0.15) is 4.37 Å². The Morgan fingerprint density at radius 1 is 1.37 bits per heavy atom. The number of aromatic carboxylic acids is 1. The molecule has 0 spiro atoms. The van der Waals surface area contributed by atoms with E-state index in [0.717, 1.165) is 30.9 Å². The first-order valence-corrected chi connectivity index (χ1v) is 6.89. The molecule has 19 heavy (non-hydrogen) atoms. The van der Waals surface area contributed by atoms with Gasteiger partial charge >= 0.3 is 5.97 Å². The molecule has 0 atom stereocenters. The topological polar surface area (TPSA) is 53.4 Å². The summed E-state index contributed by atoms with van der Waals surface area (Å²) in [5, 5.41) is 9.00. The molecule has 1 aliphatic heterocycles. The van der Waals surface area contributed by atoms with Crippen LogP contribution in [0, 0.1) is 6.92 Å². The van der Waals surface area contributed by atoms with Gasteiger partial charge in [0, 0.05) is 24.5 Å². The van der Waals surface area contributed by atoms with Gasteiger partial charge in [-0.15, -0.1) is 0 Å². The van der Waals surface area contributed by atoms with Crippen molar-refractivity contribution in [2.45, 2.75) is 26.6 Å². The van der Waals surface area contributed by atoms with Crippen LogP contribution in [0.5, 0.6) is 0 Å². The number of carbonyl (C=O) groups is 1. The Morgan fingerprint density at radius 3 is 2.84 bits per heavy atom. The SMILES string of the molecule is Cc1cc(CN2Cc3ccc(C(=O)O)cc3C2)sn1. The maximum atomic E-state index is 11.0. The van der Waals surface area contributed by atoms with Crippen molar-refractivity contribution < 1.29 is 9.90 Å². The van der Waals surface area contributed by atoms with Crippen molar-refractivity contribution >= 4 is 17.5 Å². The van der Waals surface area contributed by atoms with E-state index in [9.17, 15) is 4.79 Å². The number of fused-ring (bicyclic) bond motifs is 1. The largest absolute Gasteiger partial charge is 0.478 e. The number of benzene rings is 1. The third kappa shape index (κ3) is 2.52. The van der Waals surface area contributed by atoms with Crippen molar-refractivity contribution in [2.24, 2.45) is 0 Å². The number of rotatable bonds is 3. The minimum atomic E-state index is -0.862. The number of nitrogens with zero attached hydrogens (tertiary/aromatic N) is 2. The molecule has 0 fully saturated rings. The van der Waals surface area contributed by atoms with Crippen LogP contribution in [-0.2, 0) is 19.6 Å². The third-order valence-corrected chi connectivity index (χ3v) is 4.16. The molecule has 3 rings (SSSR count). The Kier molecular flexibility index (Phi) is 3.08. The Balaban J connectivity index is 1.75. The van der Waals surface area contributed by atoms with Gasteiger partial charge in [0.2, 0.25) is 0 Å². The van der Waals surface area contributed by atoms with E-state index in [1.54, 1.807) is 12.1 Å². The molecular weight excluding hydrogens is 260 g/mol. The van der Waals surface area contributed by atoms with Crippen LogP contribution in [0.4, 0.5) is 0 Å². The number of carboxylic acids is 1. The number of carboxylic acid groups (broad SMARTS) is 1. The fourth-order valence-corrected chi connectivity index (χ4v) is 3.20. The van der Waals surface area contributed by atoms with Gasteiger partial charge in [-0.3, -0.25) is 4.90 Å². The lowest BCUT2D eigenvalue weighted by molar-refractivity contribution is 0.0696. The van der Waals surface area contributed by atoms with E-state index in [2.05, 4.69) is 15.3 Å². The van der Waals surface area contributed by atoms with Gasteiger partial charge in [-0.1, -0.05) is 6.07 Å². The lowest BCUT2D eigenvalue weighted by Gasteiger charge is -2.12. The first-order chi connectivity index (χ1) is 9.11. The van der Waals surface area contributed by atoms with Gasteiger partial charge in [0.25, 0.3) is 0 Å². The van der Waals surface area contributed by atoms with Gasteiger partial charge in [-0.25, -0.2) is 4.79 Å². The molecule has 0 bridgehead atoms. The number of aryl methyl sites for hydroxylation is 1. The van der Waals surface area contributed by atoms with Crippen LogP contribution in [0.15, 0.2) is 24.3 Å². The molecule has 2 heterocycles. The summed E-state index contributed by atoms with van der Waals surface area (Å²) in [6.45, 7) is 4.57. The fourth-order valence-electron chi connectivity index (χ4n) is 2.42. The zero-order valence-electron chi connectivity index (χ0n) is 10.6. The summed E-state index contributed by atoms with van der Waals surface area (Å²) in [4.78, 5) is 14.5. The molecule has 0 saturated carbocycles. The third-order valence-electron chi connectivity index (χ3n) is 3.30. The average molecular weight is 274 g/mol. The van der Waals surface area contributed by atoms with Crippen LogP contribution in [0.3, 0.4) is 0 Å². The summed E-state index contributed by atoms with van der Waals surface area (Å²) in [7, 11) is 0. The Bertz CT molecular complexity index is 636. The molecular formula is C14H14N2O2S. The molecule has 5 heteroatoms. The van der Waals surface area contributed by atoms with Crippen LogP contribution in [0.25, 0.3) is 0 Å². The summed E-state index contributed by atoms with van der Waals surface area (Å²) in [6.07, 6.45) is 0. The first-order valence-electron chi connectivity index (χ1n) is 6.11. The highest BCUT2D eigenvalue weighted by Gasteiger charge is 2.20. The van der Waals surface area contributed by atoms with E-state index in [0.29, 0.717) is 5.56 Å². The summed E-state index contributed by atoms with van der Waals surface area (Å²) in [5.41, 5.74) is 3.78. The standard InChI is InChI=1S/C14H14N2O2S/c1-9-4-13(19-15-9)8-16-6-11-3-2-10(14(17)18)5-12(11)7-16/h2-5H,6-8H2,1H3,(H,17,18). The molecule has 0 amide bonds. The van der Waals surface area contributed by atoms with Crippen molar-refractivity contribution in [3.63, 3.8) is 0 Å². The van der Waals surface area contributed by atoms with Crippen LogP contribution in [0.1, 0.15) is 32.1 Å². The summed E-state index contributed by atoms with van der Waals surface area (Å²) >= 11 is 1.54. The van der Waals surface area contributed by atoms with E-state index >= 15 is 0 Å². The number of aromatic nitrogens is 1. The molecule has 0 radical (unpaired) electrons. The Hall–Kier alpha value is -1.72. The molecule has 98 valence electrons. The summed E-state index contributed by atoms with van der Waals surface area (Å²) < 4.78 is 4.28.